The Labute approximate surface area is 112 Å². The molecule has 1 aromatic carbocycles. The first-order valence-corrected chi connectivity index (χ1v) is 6.54. The summed E-state index contributed by atoms with van der Waals surface area (Å²) in [6.45, 7) is 2.14. The number of nitrogens with zero attached hydrogens (tertiary/aromatic N) is 3. The average Bonchev–Trinajstić information content (AvgIpc) is 2.46. The van der Waals surface area contributed by atoms with E-state index in [0.717, 1.165) is 35.2 Å². The summed E-state index contributed by atoms with van der Waals surface area (Å²) in [5.41, 5.74) is 8.59. The van der Waals surface area contributed by atoms with Crippen LogP contribution in [-0.2, 0) is 0 Å². The third kappa shape index (κ3) is 2.21. The Morgan fingerprint density at radius 2 is 2.00 bits per heavy atom. The molecule has 2 heterocycles. The van der Waals surface area contributed by atoms with Crippen LogP contribution in [0.4, 0.5) is 0 Å². The Morgan fingerprint density at radius 1 is 1.16 bits per heavy atom. The molecule has 4 nitrogen and oxygen atoms in total. The van der Waals surface area contributed by atoms with Crippen molar-refractivity contribution in [3.8, 4) is 0 Å². The number of nitrogens with two attached hydrogens (primary N) is 1. The van der Waals surface area contributed by atoms with Crippen LogP contribution < -0.4 is 5.73 Å². The van der Waals surface area contributed by atoms with Gasteiger partial charge in [0.25, 0.3) is 0 Å². The van der Waals surface area contributed by atoms with E-state index in [2.05, 4.69) is 34.2 Å². The molecule has 3 rings (SSSR count). The van der Waals surface area contributed by atoms with E-state index < -0.39 is 0 Å². The molecular weight excluding hydrogens is 236 g/mol. The van der Waals surface area contributed by atoms with E-state index in [0.29, 0.717) is 11.8 Å². The van der Waals surface area contributed by atoms with Crippen LogP contribution >= 0.6 is 0 Å². The fraction of sp³-hybridized carbons (Fsp3) is 0.267. The third-order valence-corrected chi connectivity index (χ3v) is 3.48. The Hall–Kier alpha value is -2.23. The number of benzene rings is 1. The Balaban J connectivity index is 2.08. The standard InChI is InChI=1S/C15H16N4/c1-2-10-9-14(16)18-19-15(10)13-8-7-11-5-3-4-6-12(11)17-13/h3-8,10H,2,9H2,1H3,(H2,16,18). The van der Waals surface area contributed by atoms with E-state index in [-0.39, 0.29) is 0 Å². The van der Waals surface area contributed by atoms with Crippen LogP contribution in [0.5, 0.6) is 0 Å². The molecule has 1 aromatic heterocycles. The minimum Gasteiger partial charge on any atom is -0.386 e. The van der Waals surface area contributed by atoms with Gasteiger partial charge in [0.2, 0.25) is 0 Å². The first kappa shape index (κ1) is 11.8. The molecule has 1 aliphatic rings. The average molecular weight is 252 g/mol. The lowest BCUT2D eigenvalue weighted by molar-refractivity contribution is 0.675. The lowest BCUT2D eigenvalue weighted by atomic mass is 9.92. The minimum atomic E-state index is 0.311. The highest BCUT2D eigenvalue weighted by Gasteiger charge is 2.22. The van der Waals surface area contributed by atoms with Crippen LogP contribution in [-0.4, -0.2) is 16.5 Å². The van der Waals surface area contributed by atoms with Crippen LogP contribution in [0.1, 0.15) is 25.5 Å². The number of rotatable bonds is 2. The second-order valence-electron chi connectivity index (χ2n) is 4.78. The smallest absolute Gasteiger partial charge is 0.123 e. The predicted molar refractivity (Wildman–Crippen MR) is 78.3 cm³/mol. The maximum atomic E-state index is 5.75. The Bertz CT molecular complexity index is 673. The van der Waals surface area contributed by atoms with E-state index in [4.69, 9.17) is 5.73 Å². The SMILES string of the molecule is CCC1CC(N)=NN=C1c1ccc2ccccc2n1. The summed E-state index contributed by atoms with van der Waals surface area (Å²) in [4.78, 5) is 4.68. The molecule has 19 heavy (non-hydrogen) atoms. The summed E-state index contributed by atoms with van der Waals surface area (Å²) < 4.78 is 0. The number of hydrogen-bond donors (Lipinski definition) is 1. The molecular formula is C15H16N4. The molecule has 1 unspecified atom stereocenters. The topological polar surface area (TPSA) is 63.6 Å². The summed E-state index contributed by atoms with van der Waals surface area (Å²) in [6, 6.07) is 12.2. The van der Waals surface area contributed by atoms with Gasteiger partial charge in [-0.3, -0.25) is 0 Å². The van der Waals surface area contributed by atoms with Crippen LogP contribution in [0.25, 0.3) is 10.9 Å². The molecule has 1 atom stereocenters. The van der Waals surface area contributed by atoms with E-state index >= 15 is 0 Å². The molecule has 0 fully saturated rings. The van der Waals surface area contributed by atoms with E-state index in [1.54, 1.807) is 0 Å². The Morgan fingerprint density at radius 3 is 2.84 bits per heavy atom. The van der Waals surface area contributed by atoms with Crippen molar-refractivity contribution in [1.29, 1.82) is 0 Å². The monoisotopic (exact) mass is 252 g/mol. The van der Waals surface area contributed by atoms with Gasteiger partial charge in [0.15, 0.2) is 0 Å². The van der Waals surface area contributed by atoms with Gasteiger partial charge in [-0.15, -0.1) is 5.10 Å². The fourth-order valence-electron chi connectivity index (χ4n) is 2.40. The lowest BCUT2D eigenvalue weighted by Gasteiger charge is -2.19. The Kier molecular flexibility index (Phi) is 2.99. The van der Waals surface area contributed by atoms with Gasteiger partial charge in [-0.25, -0.2) is 4.98 Å². The summed E-state index contributed by atoms with van der Waals surface area (Å²) in [5, 5.41) is 9.40. The van der Waals surface area contributed by atoms with Crippen molar-refractivity contribution in [1.82, 2.24) is 4.98 Å². The van der Waals surface area contributed by atoms with Crippen LogP contribution in [0.3, 0.4) is 0 Å². The number of hydrogen-bond acceptors (Lipinski definition) is 4. The first-order chi connectivity index (χ1) is 9.28. The summed E-state index contributed by atoms with van der Waals surface area (Å²) in [6.07, 6.45) is 1.76. The van der Waals surface area contributed by atoms with Gasteiger partial charge in [-0.05, 0) is 18.6 Å². The number of para-hydroxylation sites is 1. The molecule has 0 saturated carbocycles. The number of aromatic nitrogens is 1. The zero-order chi connectivity index (χ0) is 13.2. The number of fused-ring (bicyclic) bond motifs is 1. The van der Waals surface area contributed by atoms with Crippen LogP contribution in [0.2, 0.25) is 0 Å². The van der Waals surface area contributed by atoms with Crippen molar-refractivity contribution in [3.63, 3.8) is 0 Å². The highest BCUT2D eigenvalue weighted by Crippen LogP contribution is 2.21. The molecule has 0 saturated heterocycles. The molecule has 4 heteroatoms. The minimum absolute atomic E-state index is 0.311. The highest BCUT2D eigenvalue weighted by atomic mass is 15.2. The normalized spacial score (nSPS) is 19.1. The van der Waals surface area contributed by atoms with E-state index in [1.807, 2.05) is 24.3 Å². The van der Waals surface area contributed by atoms with E-state index in [1.165, 1.54) is 0 Å². The third-order valence-electron chi connectivity index (χ3n) is 3.48. The van der Waals surface area contributed by atoms with Gasteiger partial charge in [-0.1, -0.05) is 31.2 Å². The van der Waals surface area contributed by atoms with Gasteiger partial charge in [0.1, 0.15) is 5.84 Å². The molecule has 2 aromatic rings. The predicted octanol–water partition coefficient (Wildman–Crippen LogP) is 2.73. The molecule has 1 aliphatic heterocycles. The quantitative estimate of drug-likeness (QED) is 0.893. The van der Waals surface area contributed by atoms with Gasteiger partial charge < -0.3 is 5.73 Å². The maximum Gasteiger partial charge on any atom is 0.123 e. The van der Waals surface area contributed by atoms with Crippen molar-refractivity contribution in [2.75, 3.05) is 0 Å². The second-order valence-corrected chi connectivity index (χ2v) is 4.78. The van der Waals surface area contributed by atoms with E-state index in [9.17, 15) is 0 Å². The van der Waals surface area contributed by atoms with Crippen molar-refractivity contribution < 1.29 is 0 Å². The molecule has 0 radical (unpaired) electrons. The van der Waals surface area contributed by atoms with Gasteiger partial charge in [0, 0.05) is 17.7 Å². The molecule has 0 spiro atoms. The zero-order valence-corrected chi connectivity index (χ0v) is 10.9. The molecule has 0 aliphatic carbocycles. The van der Waals surface area contributed by atoms with Gasteiger partial charge in [-0.2, -0.15) is 5.10 Å². The lowest BCUT2D eigenvalue weighted by Crippen LogP contribution is -2.27. The molecule has 0 bridgehead atoms. The highest BCUT2D eigenvalue weighted by molar-refractivity contribution is 6.05. The number of pyridine rings is 1. The zero-order valence-electron chi connectivity index (χ0n) is 10.9. The van der Waals surface area contributed by atoms with Crippen LogP contribution in [0, 0.1) is 5.92 Å². The first-order valence-electron chi connectivity index (χ1n) is 6.54. The summed E-state index contributed by atoms with van der Waals surface area (Å²) in [7, 11) is 0. The van der Waals surface area contributed by atoms with Crippen molar-refractivity contribution in [2.45, 2.75) is 19.8 Å². The van der Waals surface area contributed by atoms with Crippen molar-refractivity contribution in [2.24, 2.45) is 21.9 Å². The molecule has 2 N–H and O–H groups in total. The number of amidine groups is 1. The van der Waals surface area contributed by atoms with Crippen molar-refractivity contribution >= 4 is 22.5 Å². The second kappa shape index (κ2) is 4.80. The molecule has 96 valence electrons. The maximum absolute atomic E-state index is 5.75. The van der Waals surface area contributed by atoms with Crippen molar-refractivity contribution in [3.05, 3.63) is 42.1 Å². The summed E-state index contributed by atoms with van der Waals surface area (Å²) in [5.74, 6) is 0.919. The van der Waals surface area contributed by atoms with Crippen LogP contribution in [0.15, 0.2) is 46.6 Å². The molecule has 0 amide bonds. The van der Waals surface area contributed by atoms with Gasteiger partial charge >= 0.3 is 0 Å². The fourth-order valence-corrected chi connectivity index (χ4v) is 2.40. The summed E-state index contributed by atoms with van der Waals surface area (Å²) >= 11 is 0. The van der Waals surface area contributed by atoms with Gasteiger partial charge in [0.05, 0.1) is 16.9 Å². The largest absolute Gasteiger partial charge is 0.386 e.